The predicted molar refractivity (Wildman–Crippen MR) is 121 cm³/mol. The van der Waals surface area contributed by atoms with Crippen molar-refractivity contribution < 1.29 is 23.5 Å². The van der Waals surface area contributed by atoms with Crippen LogP contribution in [0, 0.1) is 5.82 Å². The molecule has 6 heteroatoms. The van der Waals surface area contributed by atoms with Crippen molar-refractivity contribution in [1.82, 2.24) is 5.32 Å². The van der Waals surface area contributed by atoms with Crippen LogP contribution in [0.4, 0.5) is 9.18 Å². The molecule has 1 amide bonds. The van der Waals surface area contributed by atoms with Gasteiger partial charge in [0.1, 0.15) is 11.6 Å². The fraction of sp³-hybridized carbons (Fsp3) is 0.231. The maximum absolute atomic E-state index is 14.7. The molecule has 5 nitrogen and oxygen atoms in total. The Hall–Kier alpha value is -3.67. The van der Waals surface area contributed by atoms with Crippen molar-refractivity contribution in [2.45, 2.75) is 25.7 Å². The Bertz CT molecular complexity index is 1070. The smallest absolute Gasteiger partial charge is 0.412 e. The topological polar surface area (TPSA) is 64.6 Å². The van der Waals surface area contributed by atoms with Gasteiger partial charge in [-0.05, 0) is 54.7 Å². The van der Waals surface area contributed by atoms with Crippen LogP contribution in [0.1, 0.15) is 30.4 Å². The molecule has 3 aromatic rings. The van der Waals surface area contributed by atoms with Gasteiger partial charge in [0.25, 0.3) is 0 Å². The number of aryl methyl sites for hydroxylation is 1. The number of carbonyl (C=O) groups is 2. The highest BCUT2D eigenvalue weighted by Crippen LogP contribution is 2.29. The van der Waals surface area contributed by atoms with Crippen LogP contribution in [0.3, 0.4) is 0 Å². The van der Waals surface area contributed by atoms with Crippen molar-refractivity contribution in [3.63, 3.8) is 0 Å². The van der Waals surface area contributed by atoms with Gasteiger partial charge in [0.2, 0.25) is 0 Å². The molecule has 1 unspecified atom stereocenters. The highest BCUT2D eigenvalue weighted by atomic mass is 19.1. The normalized spacial score (nSPS) is 11.5. The summed E-state index contributed by atoms with van der Waals surface area (Å²) in [6, 6.07) is 21.3. The third kappa shape index (κ3) is 6.17. The standard InChI is InChI=1S/C26H26FNO4/c1-18(25(29)31-2)20-13-14-23(24(27)17-20)21-11-6-12-22(16-21)32-26(30)28-15-7-10-19-8-4-3-5-9-19/h3-6,8-9,11-14,16-18H,7,10,15H2,1-2H3,(H,28,30). The van der Waals surface area contributed by atoms with Gasteiger partial charge in [0, 0.05) is 12.1 Å². The summed E-state index contributed by atoms with van der Waals surface area (Å²) in [4.78, 5) is 23.8. The Morgan fingerprint density at radius 2 is 1.78 bits per heavy atom. The second kappa shape index (κ2) is 11.1. The molecule has 0 saturated carbocycles. The highest BCUT2D eigenvalue weighted by molar-refractivity contribution is 5.78. The van der Waals surface area contributed by atoms with Crippen LogP contribution in [0.2, 0.25) is 0 Å². The fourth-order valence-corrected chi connectivity index (χ4v) is 3.35. The maximum atomic E-state index is 14.7. The number of halogens is 1. The lowest BCUT2D eigenvalue weighted by atomic mass is 9.97. The Morgan fingerprint density at radius 3 is 2.50 bits per heavy atom. The van der Waals surface area contributed by atoms with Gasteiger partial charge in [0.05, 0.1) is 13.0 Å². The first-order valence-electron chi connectivity index (χ1n) is 10.4. The van der Waals surface area contributed by atoms with Crippen LogP contribution in [0.5, 0.6) is 5.75 Å². The average molecular weight is 435 g/mol. The minimum atomic E-state index is -0.566. The molecule has 0 saturated heterocycles. The maximum Gasteiger partial charge on any atom is 0.412 e. The van der Waals surface area contributed by atoms with E-state index in [9.17, 15) is 14.0 Å². The van der Waals surface area contributed by atoms with Crippen LogP contribution < -0.4 is 10.1 Å². The zero-order valence-electron chi connectivity index (χ0n) is 18.1. The first-order valence-corrected chi connectivity index (χ1v) is 10.4. The van der Waals surface area contributed by atoms with Crippen molar-refractivity contribution in [2.24, 2.45) is 0 Å². The molecule has 1 N–H and O–H groups in total. The van der Waals surface area contributed by atoms with Gasteiger partial charge in [-0.2, -0.15) is 0 Å². The van der Waals surface area contributed by atoms with Gasteiger partial charge in [-0.1, -0.05) is 54.6 Å². The number of hydrogen-bond donors (Lipinski definition) is 1. The van der Waals surface area contributed by atoms with Crippen molar-refractivity contribution in [2.75, 3.05) is 13.7 Å². The van der Waals surface area contributed by atoms with E-state index in [1.54, 1.807) is 43.3 Å². The average Bonchev–Trinajstić information content (AvgIpc) is 2.81. The third-order valence-electron chi connectivity index (χ3n) is 5.16. The lowest BCUT2D eigenvalue weighted by Crippen LogP contribution is -2.28. The molecule has 0 heterocycles. The second-order valence-corrected chi connectivity index (χ2v) is 7.42. The van der Waals surface area contributed by atoms with Crippen molar-refractivity contribution in [3.05, 3.63) is 89.7 Å². The predicted octanol–water partition coefficient (Wildman–Crippen LogP) is 5.49. The zero-order valence-corrected chi connectivity index (χ0v) is 18.1. The SMILES string of the molecule is COC(=O)C(C)c1ccc(-c2cccc(OC(=O)NCCCc3ccccc3)c2)c(F)c1. The summed E-state index contributed by atoms with van der Waals surface area (Å²) in [5, 5.41) is 2.73. The number of methoxy groups -OCH3 is 1. The molecule has 1 atom stereocenters. The molecule has 0 aliphatic heterocycles. The van der Waals surface area contributed by atoms with Crippen LogP contribution in [-0.2, 0) is 16.0 Å². The van der Waals surface area contributed by atoms with Crippen LogP contribution >= 0.6 is 0 Å². The van der Waals surface area contributed by atoms with Crippen molar-refractivity contribution in [3.8, 4) is 16.9 Å². The molecular weight excluding hydrogens is 409 g/mol. The third-order valence-corrected chi connectivity index (χ3v) is 5.16. The Morgan fingerprint density at radius 1 is 1.00 bits per heavy atom. The van der Waals surface area contributed by atoms with E-state index in [0.29, 0.717) is 29.0 Å². The Kier molecular flexibility index (Phi) is 7.97. The minimum Gasteiger partial charge on any atom is -0.469 e. The van der Waals surface area contributed by atoms with Crippen molar-refractivity contribution in [1.29, 1.82) is 0 Å². The monoisotopic (exact) mass is 435 g/mol. The fourth-order valence-electron chi connectivity index (χ4n) is 3.35. The van der Waals surface area contributed by atoms with Gasteiger partial charge >= 0.3 is 12.1 Å². The summed E-state index contributed by atoms with van der Waals surface area (Å²) in [5.74, 6) is -1.15. The Labute approximate surface area is 187 Å². The summed E-state index contributed by atoms with van der Waals surface area (Å²) in [7, 11) is 1.30. The first kappa shape index (κ1) is 23.0. The van der Waals surface area contributed by atoms with E-state index < -0.39 is 23.8 Å². The molecule has 32 heavy (non-hydrogen) atoms. The second-order valence-electron chi connectivity index (χ2n) is 7.42. The van der Waals surface area contributed by atoms with E-state index in [2.05, 4.69) is 5.32 Å². The summed E-state index contributed by atoms with van der Waals surface area (Å²) < 4.78 is 24.8. The van der Waals surface area contributed by atoms with Gasteiger partial charge in [0.15, 0.2) is 0 Å². The largest absolute Gasteiger partial charge is 0.469 e. The van der Waals surface area contributed by atoms with Crippen molar-refractivity contribution >= 4 is 12.1 Å². The molecule has 0 fully saturated rings. The molecule has 0 aliphatic carbocycles. The van der Waals surface area contributed by atoms with Gasteiger partial charge < -0.3 is 14.8 Å². The summed E-state index contributed by atoms with van der Waals surface area (Å²) >= 11 is 0. The van der Waals surface area contributed by atoms with Gasteiger partial charge in [-0.3, -0.25) is 4.79 Å². The minimum absolute atomic E-state index is 0.314. The van der Waals surface area contributed by atoms with Crippen LogP contribution in [-0.4, -0.2) is 25.7 Å². The summed E-state index contributed by atoms with van der Waals surface area (Å²) in [6.07, 6.45) is 1.10. The molecule has 0 bridgehead atoms. The van der Waals surface area contributed by atoms with E-state index in [-0.39, 0.29) is 0 Å². The van der Waals surface area contributed by atoms with E-state index in [4.69, 9.17) is 9.47 Å². The summed E-state index contributed by atoms with van der Waals surface area (Å²) in [5.41, 5.74) is 2.65. The quantitative estimate of drug-likeness (QED) is 0.375. The van der Waals surface area contributed by atoms with Gasteiger partial charge in [-0.15, -0.1) is 0 Å². The lowest BCUT2D eigenvalue weighted by Gasteiger charge is -2.12. The lowest BCUT2D eigenvalue weighted by molar-refractivity contribution is -0.141. The highest BCUT2D eigenvalue weighted by Gasteiger charge is 2.18. The number of rotatable bonds is 8. The van der Waals surface area contributed by atoms with E-state index in [0.717, 1.165) is 12.8 Å². The molecular formula is C26H26FNO4. The van der Waals surface area contributed by atoms with Gasteiger partial charge in [-0.25, -0.2) is 9.18 Å². The molecule has 0 spiro atoms. The summed E-state index contributed by atoms with van der Waals surface area (Å²) in [6.45, 7) is 2.15. The molecule has 166 valence electrons. The Balaban J connectivity index is 1.59. The zero-order chi connectivity index (χ0) is 22.9. The molecule has 3 aromatic carbocycles. The molecule has 0 aliphatic rings. The molecule has 0 aromatic heterocycles. The van der Waals surface area contributed by atoms with E-state index in [1.165, 1.54) is 18.7 Å². The number of nitrogens with one attached hydrogen (secondary N) is 1. The van der Waals surface area contributed by atoms with Crippen LogP contribution in [0.15, 0.2) is 72.8 Å². The molecule has 0 radical (unpaired) electrons. The van der Waals surface area contributed by atoms with E-state index in [1.807, 2.05) is 30.3 Å². The first-order chi connectivity index (χ1) is 15.5. The number of benzene rings is 3. The van der Waals surface area contributed by atoms with E-state index >= 15 is 0 Å². The number of amides is 1. The molecule has 3 rings (SSSR count). The number of hydrogen-bond acceptors (Lipinski definition) is 4. The number of esters is 1. The number of ether oxygens (including phenoxy) is 2. The van der Waals surface area contributed by atoms with Crippen LogP contribution in [0.25, 0.3) is 11.1 Å². The number of carbonyl (C=O) groups excluding carboxylic acids is 2.